The summed E-state index contributed by atoms with van der Waals surface area (Å²) >= 11 is 0. The van der Waals surface area contributed by atoms with E-state index in [1.54, 1.807) is 13.8 Å². The van der Waals surface area contributed by atoms with Crippen LogP contribution in [0.15, 0.2) is 12.7 Å². The molecule has 0 aliphatic carbocycles. The summed E-state index contributed by atoms with van der Waals surface area (Å²) in [7, 11) is 0. The zero-order chi connectivity index (χ0) is 19.0. The molecule has 2 aromatic heterocycles. The average Bonchev–Trinajstić information content (AvgIpc) is 3.15. The molecule has 5 atom stereocenters. The summed E-state index contributed by atoms with van der Waals surface area (Å²) in [4.78, 5) is 23.7. The van der Waals surface area contributed by atoms with Gasteiger partial charge in [-0.1, -0.05) is 13.8 Å². The maximum Gasteiger partial charge on any atom is 0.323 e. The molecule has 1 saturated heterocycles. The number of alkyl halides is 1. The number of hydrogen-bond acceptors (Lipinski definition) is 9. The van der Waals surface area contributed by atoms with Crippen molar-refractivity contribution < 1.29 is 23.8 Å². The van der Waals surface area contributed by atoms with Crippen molar-refractivity contribution in [3.05, 3.63) is 12.7 Å². The average molecular weight is 368 g/mol. The molecular formula is C15H21FN6O4. The molecule has 1 aliphatic heterocycles. The second-order valence-corrected chi connectivity index (χ2v) is 6.48. The van der Waals surface area contributed by atoms with Crippen molar-refractivity contribution in [2.24, 2.45) is 11.7 Å². The highest BCUT2D eigenvalue weighted by atomic mass is 19.1. The predicted molar refractivity (Wildman–Crippen MR) is 88.3 cm³/mol. The molecule has 0 spiro atoms. The van der Waals surface area contributed by atoms with Gasteiger partial charge >= 0.3 is 5.97 Å². The number of fused-ring (bicyclic) bond motifs is 1. The van der Waals surface area contributed by atoms with Crippen LogP contribution in [0.5, 0.6) is 0 Å². The number of rotatable bonds is 5. The van der Waals surface area contributed by atoms with Gasteiger partial charge in [-0.05, 0) is 5.92 Å². The molecule has 5 N–H and O–H groups in total. The summed E-state index contributed by atoms with van der Waals surface area (Å²) < 4.78 is 26.5. The highest BCUT2D eigenvalue weighted by Gasteiger charge is 2.46. The second-order valence-electron chi connectivity index (χ2n) is 6.48. The summed E-state index contributed by atoms with van der Waals surface area (Å²) in [6, 6.07) is -0.803. The summed E-state index contributed by atoms with van der Waals surface area (Å²) in [6.07, 6.45) is -2.96. The minimum atomic E-state index is -1.77. The molecule has 10 nitrogen and oxygen atoms in total. The molecule has 3 heterocycles. The molecule has 0 bridgehead atoms. The van der Waals surface area contributed by atoms with Crippen LogP contribution in [0, 0.1) is 5.92 Å². The highest BCUT2D eigenvalue weighted by molar-refractivity contribution is 5.81. The van der Waals surface area contributed by atoms with Gasteiger partial charge < -0.3 is 26.0 Å². The molecule has 0 amide bonds. The molecule has 1 fully saturated rings. The molecule has 11 heteroatoms. The monoisotopic (exact) mass is 368 g/mol. The number of hydrogen-bond donors (Lipinski definition) is 3. The van der Waals surface area contributed by atoms with E-state index in [1.165, 1.54) is 17.2 Å². The largest absolute Gasteiger partial charge is 0.462 e. The van der Waals surface area contributed by atoms with Crippen molar-refractivity contribution in [3.63, 3.8) is 0 Å². The summed E-state index contributed by atoms with van der Waals surface area (Å²) in [6.45, 7) is 3.23. The van der Waals surface area contributed by atoms with E-state index < -0.39 is 36.6 Å². The van der Waals surface area contributed by atoms with Gasteiger partial charge in [0.25, 0.3) is 0 Å². The number of nitrogens with two attached hydrogens (primary N) is 2. The summed E-state index contributed by atoms with van der Waals surface area (Å²) in [5.41, 5.74) is 12.0. The number of ether oxygens (including phenoxy) is 2. The third-order valence-corrected chi connectivity index (χ3v) is 4.34. The van der Waals surface area contributed by atoms with Gasteiger partial charge in [-0.3, -0.25) is 9.36 Å². The smallest absolute Gasteiger partial charge is 0.323 e. The van der Waals surface area contributed by atoms with Crippen LogP contribution in [0.4, 0.5) is 10.2 Å². The maximum absolute atomic E-state index is 14.6. The number of nitrogen functional groups attached to an aromatic ring is 1. The van der Waals surface area contributed by atoms with E-state index >= 15 is 0 Å². The van der Waals surface area contributed by atoms with Gasteiger partial charge in [0.1, 0.15) is 36.7 Å². The van der Waals surface area contributed by atoms with E-state index in [4.69, 9.17) is 20.9 Å². The number of imidazole rings is 1. The number of aliphatic hydroxyl groups is 1. The van der Waals surface area contributed by atoms with E-state index in [9.17, 15) is 14.3 Å². The molecular weight excluding hydrogens is 347 g/mol. The van der Waals surface area contributed by atoms with Crippen molar-refractivity contribution in [2.45, 2.75) is 44.5 Å². The Kier molecular flexibility index (Phi) is 5.03. The van der Waals surface area contributed by atoms with Gasteiger partial charge in [-0.2, -0.15) is 0 Å². The standard InChI is InChI=1S/C15H21FN6O4/c1-6(2)9(17)15(24)25-3-7-11(23)8(16)14(26-7)22-5-21-10-12(18)19-4-20-13(10)22/h4-9,11,14,23H,3,17H2,1-2H3,(H2,18,19,20)/t7-,8-,9+,11-,14-/m1/s1. The van der Waals surface area contributed by atoms with Crippen molar-refractivity contribution in [3.8, 4) is 0 Å². The fourth-order valence-corrected chi connectivity index (χ4v) is 2.65. The molecule has 0 unspecified atom stereocenters. The number of esters is 1. The predicted octanol–water partition coefficient (Wildman–Crippen LogP) is -0.469. The molecule has 3 rings (SSSR count). The van der Waals surface area contributed by atoms with Gasteiger partial charge in [-0.25, -0.2) is 19.3 Å². The first kappa shape index (κ1) is 18.4. The third-order valence-electron chi connectivity index (χ3n) is 4.34. The normalized spacial score (nSPS) is 27.2. The van der Waals surface area contributed by atoms with E-state index in [0.717, 1.165) is 0 Å². The van der Waals surface area contributed by atoms with Crippen molar-refractivity contribution in [2.75, 3.05) is 12.3 Å². The fourth-order valence-electron chi connectivity index (χ4n) is 2.65. The lowest BCUT2D eigenvalue weighted by atomic mass is 10.1. The second kappa shape index (κ2) is 7.09. The van der Waals surface area contributed by atoms with Gasteiger partial charge in [-0.15, -0.1) is 0 Å². The lowest BCUT2D eigenvalue weighted by Gasteiger charge is -2.18. The minimum absolute atomic E-state index is 0.110. The molecule has 0 aromatic carbocycles. The first-order chi connectivity index (χ1) is 12.3. The van der Waals surface area contributed by atoms with E-state index in [2.05, 4.69) is 15.0 Å². The zero-order valence-electron chi connectivity index (χ0n) is 14.3. The number of nitrogens with zero attached hydrogens (tertiary/aromatic N) is 4. The van der Waals surface area contributed by atoms with Crippen LogP contribution in [0.3, 0.4) is 0 Å². The number of aromatic nitrogens is 4. The number of carbonyl (C=O) groups is 1. The van der Waals surface area contributed by atoms with Gasteiger partial charge in [0, 0.05) is 0 Å². The number of halogens is 1. The lowest BCUT2D eigenvalue weighted by Crippen LogP contribution is -2.40. The Balaban J connectivity index is 1.73. The molecule has 2 aromatic rings. The van der Waals surface area contributed by atoms with Crippen LogP contribution >= 0.6 is 0 Å². The van der Waals surface area contributed by atoms with Crippen LogP contribution in [0.1, 0.15) is 20.1 Å². The van der Waals surface area contributed by atoms with Gasteiger partial charge in [0.05, 0.1) is 6.33 Å². The first-order valence-corrected chi connectivity index (χ1v) is 8.14. The summed E-state index contributed by atoms with van der Waals surface area (Å²) in [5.74, 6) is -0.597. The Bertz CT molecular complexity index is 800. The number of carbonyl (C=O) groups excluding carboxylic acids is 1. The molecule has 1 aliphatic rings. The van der Waals surface area contributed by atoms with E-state index in [-0.39, 0.29) is 24.0 Å². The van der Waals surface area contributed by atoms with Crippen LogP contribution in [-0.2, 0) is 14.3 Å². The number of anilines is 1. The molecule has 26 heavy (non-hydrogen) atoms. The maximum atomic E-state index is 14.6. The van der Waals surface area contributed by atoms with Gasteiger partial charge in [0.15, 0.2) is 23.9 Å². The van der Waals surface area contributed by atoms with Crippen LogP contribution in [0.2, 0.25) is 0 Å². The SMILES string of the molecule is CC(C)[C@H](N)C(=O)OC[C@H]1O[C@@H](n2cnc3c(N)ncnc32)[C@H](F)[C@@H]1O. The van der Waals surface area contributed by atoms with Crippen molar-refractivity contribution in [1.82, 2.24) is 19.5 Å². The topological polar surface area (TPSA) is 151 Å². The highest BCUT2D eigenvalue weighted by Crippen LogP contribution is 2.34. The Hall–Kier alpha value is -2.37. The Labute approximate surface area is 148 Å². The van der Waals surface area contributed by atoms with E-state index in [0.29, 0.717) is 5.52 Å². The van der Waals surface area contributed by atoms with Gasteiger partial charge in [0.2, 0.25) is 0 Å². The van der Waals surface area contributed by atoms with Crippen molar-refractivity contribution in [1.29, 1.82) is 0 Å². The zero-order valence-corrected chi connectivity index (χ0v) is 14.3. The molecule has 0 saturated carbocycles. The van der Waals surface area contributed by atoms with Crippen LogP contribution < -0.4 is 11.5 Å². The fraction of sp³-hybridized carbons (Fsp3) is 0.600. The summed E-state index contributed by atoms with van der Waals surface area (Å²) in [5, 5.41) is 10.1. The third kappa shape index (κ3) is 3.20. The Morgan fingerprint density at radius 2 is 2.19 bits per heavy atom. The molecule has 0 radical (unpaired) electrons. The quantitative estimate of drug-likeness (QED) is 0.595. The Morgan fingerprint density at radius 1 is 1.46 bits per heavy atom. The van der Waals surface area contributed by atoms with Crippen LogP contribution in [-0.4, -0.2) is 61.6 Å². The van der Waals surface area contributed by atoms with E-state index in [1.807, 2.05) is 0 Å². The van der Waals surface area contributed by atoms with Crippen LogP contribution in [0.25, 0.3) is 11.2 Å². The molecule has 142 valence electrons. The number of aliphatic hydroxyl groups excluding tert-OH is 1. The first-order valence-electron chi connectivity index (χ1n) is 8.14. The lowest BCUT2D eigenvalue weighted by molar-refractivity contribution is -0.152. The Morgan fingerprint density at radius 3 is 2.88 bits per heavy atom. The minimum Gasteiger partial charge on any atom is -0.462 e. The van der Waals surface area contributed by atoms with Crippen molar-refractivity contribution >= 4 is 23.0 Å².